The first-order valence-corrected chi connectivity index (χ1v) is 25.4. The molecule has 330 valence electrons. The molecule has 0 radical (unpaired) electrons. The van der Waals surface area contributed by atoms with Gasteiger partial charge >= 0.3 is 0 Å². The van der Waals surface area contributed by atoms with E-state index in [2.05, 4.69) is 215 Å². The minimum Gasteiger partial charge on any atom is -0.450 e. The summed E-state index contributed by atoms with van der Waals surface area (Å²) in [7, 11) is 0. The molecule has 0 saturated carbocycles. The molecule has 6 heteroatoms. The van der Waals surface area contributed by atoms with Gasteiger partial charge in [0.2, 0.25) is 0 Å². The van der Waals surface area contributed by atoms with Gasteiger partial charge in [0.1, 0.15) is 11.7 Å². The molecule has 0 amide bonds. The van der Waals surface area contributed by atoms with Gasteiger partial charge < -0.3 is 8.98 Å². The van der Waals surface area contributed by atoms with Gasteiger partial charge in [0.15, 0.2) is 3.77 Å². The standard InChI is InChI=1S/C62H47ClIN3O/c1-2-43-59(47-26-14-19-37-16-8-9-22-44(37)47)65-62(66-60(43)49-27-15-29-55-57(49)48-25-12-13-28-54(48)67(55)42-20-4-3-5-21-42)41-35-53(58-50(30-31-63)61(64)68-56(58)36-41)52-34-40-32-38-17-6-7-18-39(38)33-51(40)45-23-10-11-24-46(45)52/h3-4,6-20,22-33,35-36,43,52,60,62,66H,2,5,21,34H2,1H3/b31-30-/t43-,52?,60?,62?/m1/s1. The number of rotatable bonds is 7. The van der Waals surface area contributed by atoms with Crippen molar-refractivity contribution in [1.82, 2.24) is 9.88 Å². The number of hydrogen-bond acceptors (Lipinski definition) is 3. The monoisotopic (exact) mass is 1010 g/mol. The maximum atomic E-state index is 6.81. The van der Waals surface area contributed by atoms with Gasteiger partial charge in [0.05, 0.1) is 16.7 Å². The number of aliphatic imine (C=N–C) groups is 1. The maximum absolute atomic E-state index is 6.81. The second-order valence-electron chi connectivity index (χ2n) is 18.6. The lowest BCUT2D eigenvalue weighted by Gasteiger charge is -2.38. The molecule has 4 atom stereocenters. The number of para-hydroxylation sites is 1. The Labute approximate surface area is 414 Å². The SMILES string of the molecule is CC[C@@H]1C(c2cccc3ccccc23)=NC(c2cc(C3Cc4cc5ccccc5cc4-c4ccccc43)c3c(/C=C\Cl)c(I)oc3c2)NC1c1cccc2c1c1ccccc1n2C1=CC=CCC1. The van der Waals surface area contributed by atoms with E-state index < -0.39 is 0 Å². The molecule has 3 unspecified atom stereocenters. The van der Waals surface area contributed by atoms with E-state index in [0.29, 0.717) is 0 Å². The van der Waals surface area contributed by atoms with Crippen LogP contribution in [0.25, 0.3) is 77.2 Å². The molecule has 10 aromatic rings. The zero-order chi connectivity index (χ0) is 45.5. The third-order valence-corrected chi connectivity index (χ3v) is 15.9. The average Bonchev–Trinajstić information content (AvgIpc) is 3.90. The summed E-state index contributed by atoms with van der Waals surface area (Å²) < 4.78 is 10.1. The van der Waals surface area contributed by atoms with E-state index in [0.717, 1.165) is 57.3 Å². The fraction of sp³-hybridized carbons (Fsp3) is 0.145. The molecular formula is C62H47ClIN3O. The van der Waals surface area contributed by atoms with Crippen molar-refractivity contribution in [3.05, 3.63) is 224 Å². The number of benzene rings is 8. The van der Waals surface area contributed by atoms with Gasteiger partial charge in [0, 0.05) is 79.0 Å². The summed E-state index contributed by atoms with van der Waals surface area (Å²) in [5, 5.41) is 12.9. The van der Waals surface area contributed by atoms with Crippen molar-refractivity contribution in [2.75, 3.05) is 0 Å². The number of aromatic nitrogens is 1. The van der Waals surface area contributed by atoms with Crippen molar-refractivity contribution < 1.29 is 4.42 Å². The molecule has 68 heavy (non-hydrogen) atoms. The van der Waals surface area contributed by atoms with E-state index in [9.17, 15) is 0 Å². The summed E-state index contributed by atoms with van der Waals surface area (Å²) in [6, 6.07) is 58.5. The summed E-state index contributed by atoms with van der Waals surface area (Å²) in [5.41, 5.74) is 18.4. The molecule has 4 nitrogen and oxygen atoms in total. The van der Waals surface area contributed by atoms with Crippen molar-refractivity contribution in [3.63, 3.8) is 0 Å². The lowest BCUT2D eigenvalue weighted by atomic mass is 9.73. The van der Waals surface area contributed by atoms with Crippen molar-refractivity contribution in [3.8, 4) is 11.1 Å². The normalized spacial score (nSPS) is 19.3. The number of hydrogen-bond donors (Lipinski definition) is 1. The van der Waals surface area contributed by atoms with Crippen molar-refractivity contribution in [1.29, 1.82) is 0 Å². The fourth-order valence-corrected chi connectivity index (χ4v) is 12.8. The highest BCUT2D eigenvalue weighted by Gasteiger charge is 2.38. The Morgan fingerprint density at radius 3 is 2.28 bits per heavy atom. The van der Waals surface area contributed by atoms with E-state index in [1.807, 2.05) is 6.08 Å². The van der Waals surface area contributed by atoms with Gasteiger partial charge in [0.25, 0.3) is 0 Å². The number of nitrogens with one attached hydrogen (secondary N) is 1. The molecule has 0 fully saturated rings. The van der Waals surface area contributed by atoms with Crippen LogP contribution in [0.5, 0.6) is 0 Å². The van der Waals surface area contributed by atoms with E-state index in [-0.39, 0.29) is 24.0 Å². The van der Waals surface area contributed by atoms with Gasteiger partial charge in [-0.25, -0.2) is 0 Å². The number of furan rings is 1. The van der Waals surface area contributed by atoms with Gasteiger partial charge in [-0.05, 0) is 123 Å². The van der Waals surface area contributed by atoms with Crippen LogP contribution in [-0.2, 0) is 6.42 Å². The highest BCUT2D eigenvalue weighted by molar-refractivity contribution is 14.1. The summed E-state index contributed by atoms with van der Waals surface area (Å²) >= 11 is 8.78. The molecule has 2 aromatic heterocycles. The highest BCUT2D eigenvalue weighted by Crippen LogP contribution is 2.49. The van der Waals surface area contributed by atoms with Crippen LogP contribution in [0, 0.1) is 9.68 Å². The third kappa shape index (κ3) is 6.68. The molecule has 2 aliphatic carbocycles. The Bertz CT molecular complexity index is 3810. The molecule has 0 saturated heterocycles. The van der Waals surface area contributed by atoms with Crippen LogP contribution in [-0.4, -0.2) is 10.3 Å². The summed E-state index contributed by atoms with van der Waals surface area (Å²) in [5.74, 6) is 0.123. The number of allylic oxidation sites excluding steroid dienone is 4. The predicted octanol–water partition coefficient (Wildman–Crippen LogP) is 17.1. The van der Waals surface area contributed by atoms with Gasteiger partial charge in [-0.3, -0.25) is 10.3 Å². The minimum atomic E-state index is -0.389. The van der Waals surface area contributed by atoms with Crippen molar-refractivity contribution in [2.45, 2.75) is 50.7 Å². The molecule has 8 aromatic carbocycles. The van der Waals surface area contributed by atoms with Crippen LogP contribution >= 0.6 is 34.2 Å². The van der Waals surface area contributed by atoms with E-state index in [1.54, 1.807) is 5.54 Å². The quantitative estimate of drug-likeness (QED) is 0.162. The zero-order valence-electron chi connectivity index (χ0n) is 37.6. The summed E-state index contributed by atoms with van der Waals surface area (Å²) in [6.45, 7) is 2.32. The maximum Gasteiger partial charge on any atom is 0.172 e. The first kappa shape index (κ1) is 41.7. The minimum absolute atomic E-state index is 0.0475. The lowest BCUT2D eigenvalue weighted by Crippen LogP contribution is -2.40. The second-order valence-corrected chi connectivity index (χ2v) is 19.8. The van der Waals surface area contributed by atoms with Crippen LogP contribution in [0.3, 0.4) is 0 Å². The molecule has 0 bridgehead atoms. The van der Waals surface area contributed by atoms with Crippen LogP contribution in [0.15, 0.2) is 191 Å². The fourth-order valence-electron chi connectivity index (χ4n) is 12.0. The van der Waals surface area contributed by atoms with Crippen LogP contribution in [0.2, 0.25) is 0 Å². The van der Waals surface area contributed by atoms with Crippen LogP contribution in [0.1, 0.15) is 83.3 Å². The summed E-state index contributed by atoms with van der Waals surface area (Å²) in [4.78, 5) is 5.90. The van der Waals surface area contributed by atoms with E-state index in [1.165, 1.54) is 88.0 Å². The number of nitrogens with zero attached hydrogens (tertiary/aromatic N) is 2. The Morgan fingerprint density at radius 1 is 0.721 bits per heavy atom. The van der Waals surface area contributed by atoms with Crippen molar-refractivity contribution >= 4 is 106 Å². The molecule has 3 heterocycles. The molecule has 0 spiro atoms. The van der Waals surface area contributed by atoms with Gasteiger partial charge in [-0.15, -0.1) is 0 Å². The largest absolute Gasteiger partial charge is 0.450 e. The first-order valence-electron chi connectivity index (χ1n) is 23.9. The summed E-state index contributed by atoms with van der Waals surface area (Å²) in [6.07, 6.45) is 12.2. The first-order chi connectivity index (χ1) is 33.6. The Morgan fingerprint density at radius 2 is 1.44 bits per heavy atom. The Balaban J connectivity index is 1.05. The number of fused-ring (bicyclic) bond motifs is 9. The molecule has 3 aliphatic rings. The molecule has 1 aliphatic heterocycles. The number of halogens is 2. The topological polar surface area (TPSA) is 42.5 Å². The van der Waals surface area contributed by atoms with Gasteiger partial charge in [-0.2, -0.15) is 0 Å². The average molecular weight is 1010 g/mol. The van der Waals surface area contributed by atoms with E-state index >= 15 is 0 Å². The van der Waals surface area contributed by atoms with E-state index in [4.69, 9.17) is 21.0 Å². The highest BCUT2D eigenvalue weighted by atomic mass is 127. The molecular weight excluding hydrogens is 965 g/mol. The zero-order valence-corrected chi connectivity index (χ0v) is 40.5. The molecule has 13 rings (SSSR count). The Kier molecular flexibility index (Phi) is 10.4. The van der Waals surface area contributed by atoms with Crippen LogP contribution in [0.4, 0.5) is 0 Å². The third-order valence-electron chi connectivity index (χ3n) is 15.0. The second kappa shape index (κ2) is 16.9. The van der Waals surface area contributed by atoms with Crippen molar-refractivity contribution in [2.24, 2.45) is 10.9 Å². The van der Waals surface area contributed by atoms with Crippen LogP contribution < -0.4 is 5.32 Å². The van der Waals surface area contributed by atoms with Gasteiger partial charge in [-0.1, -0.05) is 164 Å². The Hall–Kier alpha value is -6.51. The lowest BCUT2D eigenvalue weighted by molar-refractivity contribution is 0.359. The predicted molar refractivity (Wildman–Crippen MR) is 294 cm³/mol. The smallest absolute Gasteiger partial charge is 0.172 e. The molecule has 1 N–H and O–H groups in total.